The Hall–Kier alpha value is -0.600. The first kappa shape index (κ1) is 12.4. The minimum absolute atomic E-state index is 0.363. The third-order valence-electron chi connectivity index (χ3n) is 4.53. The van der Waals surface area contributed by atoms with E-state index < -0.39 is 0 Å². The maximum Gasteiger partial charge on any atom is 0.0556 e. The van der Waals surface area contributed by atoms with Crippen molar-refractivity contribution in [2.24, 2.45) is 0 Å². The van der Waals surface area contributed by atoms with E-state index in [0.29, 0.717) is 5.54 Å². The van der Waals surface area contributed by atoms with E-state index in [-0.39, 0.29) is 0 Å². The Bertz CT molecular complexity index is 426. The highest BCUT2D eigenvalue weighted by Crippen LogP contribution is 2.45. The SMILES string of the molecule is Cc1csc(C2(N3CC=CCC3)CCCCC2)c1. The largest absolute Gasteiger partial charge is 0.289 e. The molecule has 3 rings (SSSR count). The number of rotatable bonds is 2. The molecule has 0 aromatic carbocycles. The molecule has 0 bridgehead atoms. The van der Waals surface area contributed by atoms with Gasteiger partial charge in [0.15, 0.2) is 0 Å². The molecule has 1 nitrogen and oxygen atoms in total. The van der Waals surface area contributed by atoms with Crippen LogP contribution in [0.1, 0.15) is 49.0 Å². The van der Waals surface area contributed by atoms with Crippen LogP contribution in [0.2, 0.25) is 0 Å². The molecule has 0 N–H and O–H groups in total. The van der Waals surface area contributed by atoms with E-state index >= 15 is 0 Å². The van der Waals surface area contributed by atoms with Crippen LogP contribution >= 0.6 is 11.3 Å². The smallest absolute Gasteiger partial charge is 0.0556 e. The molecule has 1 aromatic rings. The minimum Gasteiger partial charge on any atom is -0.289 e. The average molecular weight is 261 g/mol. The summed E-state index contributed by atoms with van der Waals surface area (Å²) in [5.74, 6) is 0. The van der Waals surface area contributed by atoms with Crippen LogP contribution < -0.4 is 0 Å². The monoisotopic (exact) mass is 261 g/mol. The van der Waals surface area contributed by atoms with Crippen molar-refractivity contribution in [2.45, 2.75) is 51.0 Å². The molecule has 1 fully saturated rings. The summed E-state index contributed by atoms with van der Waals surface area (Å²) in [5.41, 5.74) is 1.80. The van der Waals surface area contributed by atoms with E-state index in [1.54, 1.807) is 4.88 Å². The van der Waals surface area contributed by atoms with Gasteiger partial charge in [-0.05, 0) is 43.2 Å². The molecular weight excluding hydrogens is 238 g/mol. The zero-order valence-corrected chi connectivity index (χ0v) is 12.1. The highest BCUT2D eigenvalue weighted by Gasteiger charge is 2.40. The lowest BCUT2D eigenvalue weighted by Gasteiger charge is -2.46. The van der Waals surface area contributed by atoms with Crippen molar-refractivity contribution in [3.8, 4) is 0 Å². The van der Waals surface area contributed by atoms with Gasteiger partial charge in [-0.15, -0.1) is 11.3 Å². The van der Waals surface area contributed by atoms with E-state index in [4.69, 9.17) is 0 Å². The quantitative estimate of drug-likeness (QED) is 0.710. The second kappa shape index (κ2) is 5.18. The third kappa shape index (κ3) is 2.17. The summed E-state index contributed by atoms with van der Waals surface area (Å²) in [6.45, 7) is 4.62. The standard InChI is InChI=1S/C16H23NS/c1-14-12-15(18-13-14)16(8-4-2-5-9-16)17-10-6-3-7-11-17/h3,6,12-13H,2,4-5,7-11H2,1H3. The number of hydrogen-bond acceptors (Lipinski definition) is 2. The fourth-order valence-electron chi connectivity index (χ4n) is 3.56. The predicted molar refractivity (Wildman–Crippen MR) is 79.1 cm³/mol. The molecule has 2 aliphatic rings. The Kier molecular flexibility index (Phi) is 3.58. The van der Waals surface area contributed by atoms with Crippen molar-refractivity contribution < 1.29 is 0 Å². The number of nitrogens with zero attached hydrogens (tertiary/aromatic N) is 1. The van der Waals surface area contributed by atoms with Crippen LogP contribution in [-0.2, 0) is 5.54 Å². The van der Waals surface area contributed by atoms with Crippen molar-refractivity contribution >= 4 is 11.3 Å². The molecule has 0 atom stereocenters. The summed E-state index contributed by atoms with van der Waals surface area (Å²) in [6.07, 6.45) is 12.9. The molecule has 2 heterocycles. The van der Waals surface area contributed by atoms with Gasteiger partial charge in [-0.1, -0.05) is 31.4 Å². The zero-order valence-electron chi connectivity index (χ0n) is 11.3. The Balaban J connectivity index is 1.94. The van der Waals surface area contributed by atoms with E-state index in [1.807, 2.05) is 11.3 Å². The Morgan fingerprint density at radius 1 is 1.17 bits per heavy atom. The maximum absolute atomic E-state index is 2.75. The van der Waals surface area contributed by atoms with Crippen molar-refractivity contribution in [2.75, 3.05) is 13.1 Å². The van der Waals surface area contributed by atoms with Gasteiger partial charge in [-0.2, -0.15) is 0 Å². The van der Waals surface area contributed by atoms with Gasteiger partial charge in [-0.25, -0.2) is 0 Å². The summed E-state index contributed by atoms with van der Waals surface area (Å²) in [7, 11) is 0. The van der Waals surface area contributed by atoms with Crippen LogP contribution in [0.15, 0.2) is 23.6 Å². The van der Waals surface area contributed by atoms with Crippen LogP contribution in [0.4, 0.5) is 0 Å². The molecule has 0 unspecified atom stereocenters. The lowest BCUT2D eigenvalue weighted by molar-refractivity contribution is 0.0590. The highest BCUT2D eigenvalue weighted by atomic mass is 32.1. The normalized spacial score (nSPS) is 24.3. The first-order valence-corrected chi connectivity index (χ1v) is 8.15. The van der Waals surface area contributed by atoms with Gasteiger partial charge in [0, 0.05) is 18.0 Å². The second-order valence-electron chi connectivity index (χ2n) is 5.79. The van der Waals surface area contributed by atoms with Gasteiger partial charge in [0.05, 0.1) is 5.54 Å². The molecular formula is C16H23NS. The Labute approximate surface area is 115 Å². The maximum atomic E-state index is 2.75. The van der Waals surface area contributed by atoms with Crippen LogP contribution in [-0.4, -0.2) is 18.0 Å². The van der Waals surface area contributed by atoms with E-state index in [1.165, 1.54) is 50.6 Å². The van der Waals surface area contributed by atoms with Gasteiger partial charge in [0.2, 0.25) is 0 Å². The third-order valence-corrected chi connectivity index (χ3v) is 5.77. The number of thiophene rings is 1. The minimum atomic E-state index is 0.363. The first-order valence-electron chi connectivity index (χ1n) is 7.27. The molecule has 0 amide bonds. The molecule has 0 spiro atoms. The van der Waals surface area contributed by atoms with Gasteiger partial charge < -0.3 is 0 Å². The van der Waals surface area contributed by atoms with Crippen LogP contribution in [0, 0.1) is 6.92 Å². The fourth-order valence-corrected chi connectivity index (χ4v) is 4.75. The summed E-state index contributed by atoms with van der Waals surface area (Å²) < 4.78 is 0. The van der Waals surface area contributed by atoms with Gasteiger partial charge >= 0.3 is 0 Å². The van der Waals surface area contributed by atoms with Gasteiger partial charge in [0.1, 0.15) is 0 Å². The van der Waals surface area contributed by atoms with E-state index in [2.05, 4.69) is 35.4 Å². The lowest BCUT2D eigenvalue weighted by atomic mass is 9.78. The Morgan fingerprint density at radius 3 is 2.61 bits per heavy atom. The van der Waals surface area contributed by atoms with Crippen LogP contribution in [0.25, 0.3) is 0 Å². The summed E-state index contributed by atoms with van der Waals surface area (Å²) >= 11 is 1.98. The summed E-state index contributed by atoms with van der Waals surface area (Å²) in [5, 5.41) is 2.32. The van der Waals surface area contributed by atoms with Crippen molar-refractivity contribution in [1.82, 2.24) is 4.90 Å². The number of hydrogen-bond donors (Lipinski definition) is 0. The van der Waals surface area contributed by atoms with Crippen molar-refractivity contribution in [3.63, 3.8) is 0 Å². The highest BCUT2D eigenvalue weighted by molar-refractivity contribution is 7.10. The molecule has 1 aromatic heterocycles. The molecule has 1 saturated carbocycles. The second-order valence-corrected chi connectivity index (χ2v) is 6.70. The molecule has 2 heteroatoms. The predicted octanol–water partition coefficient (Wildman–Crippen LogP) is 4.48. The summed E-state index contributed by atoms with van der Waals surface area (Å²) in [6, 6.07) is 2.44. The van der Waals surface area contributed by atoms with Gasteiger partial charge in [-0.3, -0.25) is 4.90 Å². The van der Waals surface area contributed by atoms with Crippen LogP contribution in [0.5, 0.6) is 0 Å². The molecule has 1 aliphatic heterocycles. The summed E-state index contributed by atoms with van der Waals surface area (Å²) in [4.78, 5) is 4.37. The molecule has 1 aliphatic carbocycles. The average Bonchev–Trinajstić information content (AvgIpc) is 2.88. The van der Waals surface area contributed by atoms with E-state index in [9.17, 15) is 0 Å². The van der Waals surface area contributed by atoms with Crippen molar-refractivity contribution in [1.29, 1.82) is 0 Å². The lowest BCUT2D eigenvalue weighted by Crippen LogP contribution is -2.48. The topological polar surface area (TPSA) is 3.24 Å². The molecule has 98 valence electrons. The zero-order chi connectivity index (χ0) is 12.4. The van der Waals surface area contributed by atoms with Crippen LogP contribution in [0.3, 0.4) is 0 Å². The molecule has 0 radical (unpaired) electrons. The molecule has 0 saturated heterocycles. The number of aryl methyl sites for hydroxylation is 1. The first-order chi connectivity index (χ1) is 8.81. The van der Waals surface area contributed by atoms with Crippen molar-refractivity contribution in [3.05, 3.63) is 34.0 Å². The molecule has 18 heavy (non-hydrogen) atoms. The fraction of sp³-hybridized carbons (Fsp3) is 0.625. The Morgan fingerprint density at radius 2 is 2.00 bits per heavy atom. The van der Waals surface area contributed by atoms with E-state index in [0.717, 1.165) is 6.54 Å². The van der Waals surface area contributed by atoms with Gasteiger partial charge in [0.25, 0.3) is 0 Å².